The predicted octanol–water partition coefficient (Wildman–Crippen LogP) is 2.24. The number of aryl methyl sites for hydroxylation is 1. The molecule has 0 saturated carbocycles. The van der Waals surface area contributed by atoms with Crippen molar-refractivity contribution in [3.05, 3.63) is 29.8 Å². The van der Waals surface area contributed by atoms with Gasteiger partial charge in [-0.25, -0.2) is 8.42 Å². The lowest BCUT2D eigenvalue weighted by Crippen LogP contribution is -2.57. The highest BCUT2D eigenvalue weighted by atomic mass is 32.2. The minimum atomic E-state index is -3.04. The van der Waals surface area contributed by atoms with Crippen LogP contribution in [-0.2, 0) is 9.84 Å². The van der Waals surface area contributed by atoms with E-state index in [0.717, 1.165) is 31.1 Å². The lowest BCUT2D eigenvalue weighted by atomic mass is 10.2. The van der Waals surface area contributed by atoms with E-state index in [-0.39, 0.29) is 5.75 Å². The largest absolute Gasteiger partial charge is 0.494 e. The van der Waals surface area contributed by atoms with E-state index in [1.54, 1.807) is 20.9 Å². The van der Waals surface area contributed by atoms with E-state index in [1.165, 1.54) is 5.56 Å². The molecule has 6 nitrogen and oxygen atoms in total. The van der Waals surface area contributed by atoms with E-state index >= 15 is 0 Å². The Balaban J connectivity index is 1.70. The fourth-order valence-corrected chi connectivity index (χ4v) is 4.27. The molecule has 1 N–H and O–H groups in total. The Morgan fingerprint density at radius 3 is 2.58 bits per heavy atom. The van der Waals surface area contributed by atoms with Gasteiger partial charge in [0.15, 0.2) is 15.8 Å². The van der Waals surface area contributed by atoms with E-state index < -0.39 is 14.6 Å². The van der Waals surface area contributed by atoms with E-state index in [4.69, 9.17) is 4.74 Å². The number of nitrogens with one attached hydrogen (secondary N) is 1. The summed E-state index contributed by atoms with van der Waals surface area (Å²) >= 11 is 0. The summed E-state index contributed by atoms with van der Waals surface area (Å²) in [6.07, 6.45) is 1.90. The highest BCUT2D eigenvalue weighted by molar-refractivity contribution is 7.92. The molecule has 1 aliphatic heterocycles. The fraction of sp³-hybridized carbons (Fsp3) is 0.632. The molecule has 0 aromatic heterocycles. The molecule has 7 heteroatoms. The highest BCUT2D eigenvalue weighted by Crippen LogP contribution is 2.23. The average Bonchev–Trinajstić information content (AvgIpc) is 2.58. The average molecular weight is 382 g/mol. The Kier molecular flexibility index (Phi) is 6.92. The predicted molar refractivity (Wildman–Crippen MR) is 107 cm³/mol. The third-order valence-corrected chi connectivity index (χ3v) is 7.23. The molecule has 1 aromatic carbocycles. The fourth-order valence-electron chi connectivity index (χ4n) is 2.91. The topological polar surface area (TPSA) is 71.0 Å². The summed E-state index contributed by atoms with van der Waals surface area (Å²) in [5, 5.41) is 3.34. The van der Waals surface area contributed by atoms with Crippen molar-refractivity contribution in [3.8, 4) is 5.75 Å². The molecule has 1 saturated heterocycles. The molecule has 0 radical (unpaired) electrons. The molecule has 0 aliphatic carbocycles. The Hall–Kier alpha value is -1.76. The summed E-state index contributed by atoms with van der Waals surface area (Å²) in [5.41, 5.74) is 1.22. The molecular weight excluding hydrogens is 350 g/mol. The molecule has 0 bridgehead atoms. The number of guanidine groups is 1. The van der Waals surface area contributed by atoms with Crippen LogP contribution in [0.25, 0.3) is 0 Å². The van der Waals surface area contributed by atoms with Crippen LogP contribution in [0.15, 0.2) is 29.3 Å². The van der Waals surface area contributed by atoms with Crippen LogP contribution < -0.4 is 10.1 Å². The van der Waals surface area contributed by atoms with Crippen molar-refractivity contribution in [1.82, 2.24) is 10.2 Å². The Bertz CT molecular complexity index is 712. The maximum absolute atomic E-state index is 12.1. The van der Waals surface area contributed by atoms with Crippen LogP contribution in [0.1, 0.15) is 32.3 Å². The smallest absolute Gasteiger partial charge is 0.193 e. The lowest BCUT2D eigenvalue weighted by molar-refractivity contribution is 0.306. The first-order valence-corrected chi connectivity index (χ1v) is 10.8. The molecule has 1 fully saturated rings. The minimum Gasteiger partial charge on any atom is -0.494 e. The van der Waals surface area contributed by atoms with Crippen molar-refractivity contribution in [3.63, 3.8) is 0 Å². The van der Waals surface area contributed by atoms with Gasteiger partial charge in [-0.1, -0.05) is 17.7 Å². The molecule has 26 heavy (non-hydrogen) atoms. The van der Waals surface area contributed by atoms with Crippen LogP contribution in [0.2, 0.25) is 0 Å². The second kappa shape index (κ2) is 8.75. The standard InChI is InChI=1S/C19H31N3O3S/c1-16-7-9-17(10-8-16)25-13-6-5-11-21-18(20-4)22-12-14-26(23,24)19(2,3)15-22/h7-10H,5-6,11-15H2,1-4H3,(H,20,21). The quantitative estimate of drug-likeness (QED) is 0.465. The van der Waals surface area contributed by atoms with Gasteiger partial charge in [0.25, 0.3) is 0 Å². The Labute approximate surface area is 157 Å². The van der Waals surface area contributed by atoms with Gasteiger partial charge < -0.3 is 15.0 Å². The normalized spacial score (nSPS) is 19.2. The minimum absolute atomic E-state index is 0.172. The zero-order valence-corrected chi connectivity index (χ0v) is 17.1. The number of rotatable bonds is 6. The van der Waals surface area contributed by atoms with Gasteiger partial charge in [0, 0.05) is 26.7 Å². The van der Waals surface area contributed by atoms with Crippen LogP contribution in [0.5, 0.6) is 5.75 Å². The Morgan fingerprint density at radius 2 is 1.96 bits per heavy atom. The monoisotopic (exact) mass is 381 g/mol. The maximum atomic E-state index is 12.1. The summed E-state index contributed by atoms with van der Waals surface area (Å²) in [4.78, 5) is 6.34. The van der Waals surface area contributed by atoms with Crippen molar-refractivity contribution < 1.29 is 13.2 Å². The van der Waals surface area contributed by atoms with Gasteiger partial charge in [-0.05, 0) is 45.7 Å². The van der Waals surface area contributed by atoms with E-state index in [9.17, 15) is 8.42 Å². The Morgan fingerprint density at radius 1 is 1.27 bits per heavy atom. The summed E-state index contributed by atoms with van der Waals surface area (Å²) < 4.78 is 29.2. The van der Waals surface area contributed by atoms with E-state index in [1.807, 2.05) is 29.2 Å². The van der Waals surface area contributed by atoms with Crippen molar-refractivity contribution in [2.24, 2.45) is 4.99 Å². The van der Waals surface area contributed by atoms with Gasteiger partial charge in [-0.15, -0.1) is 0 Å². The third kappa shape index (κ3) is 5.37. The van der Waals surface area contributed by atoms with Crippen LogP contribution in [0.4, 0.5) is 0 Å². The molecule has 146 valence electrons. The van der Waals surface area contributed by atoms with Gasteiger partial charge in [-0.2, -0.15) is 0 Å². The zero-order valence-electron chi connectivity index (χ0n) is 16.3. The van der Waals surface area contributed by atoms with Crippen molar-refractivity contribution >= 4 is 15.8 Å². The second-order valence-corrected chi connectivity index (χ2v) is 10.1. The molecule has 0 atom stereocenters. The van der Waals surface area contributed by atoms with Gasteiger partial charge in [0.2, 0.25) is 0 Å². The highest BCUT2D eigenvalue weighted by Gasteiger charge is 2.40. The summed E-state index contributed by atoms with van der Waals surface area (Å²) in [6, 6.07) is 8.06. The molecule has 1 aromatic rings. The number of sulfone groups is 1. The van der Waals surface area contributed by atoms with Crippen molar-refractivity contribution in [1.29, 1.82) is 0 Å². The van der Waals surface area contributed by atoms with Crippen molar-refractivity contribution in [2.45, 2.75) is 38.4 Å². The third-order valence-electron chi connectivity index (χ3n) is 4.70. The number of unbranched alkanes of at least 4 members (excludes halogenated alkanes) is 1. The molecular formula is C19H31N3O3S. The summed E-state index contributed by atoms with van der Waals surface area (Å²) in [6.45, 7) is 8.04. The molecule has 1 aliphatic rings. The molecule has 0 unspecified atom stereocenters. The molecule has 0 spiro atoms. The second-order valence-electron chi connectivity index (χ2n) is 7.34. The lowest BCUT2D eigenvalue weighted by Gasteiger charge is -2.39. The van der Waals surface area contributed by atoms with E-state index in [0.29, 0.717) is 19.7 Å². The number of hydrogen-bond donors (Lipinski definition) is 1. The first-order valence-electron chi connectivity index (χ1n) is 9.12. The number of benzene rings is 1. The molecule has 0 amide bonds. The SMILES string of the molecule is CN=C(NCCCCOc1ccc(C)cc1)N1CCS(=O)(=O)C(C)(C)C1. The summed E-state index contributed by atoms with van der Waals surface area (Å²) in [7, 11) is -1.30. The number of ether oxygens (including phenoxy) is 1. The summed E-state index contributed by atoms with van der Waals surface area (Å²) in [5.74, 6) is 1.84. The number of hydrogen-bond acceptors (Lipinski definition) is 4. The van der Waals surface area contributed by atoms with Gasteiger partial charge in [-0.3, -0.25) is 4.99 Å². The number of aliphatic imine (C=N–C) groups is 1. The van der Waals surface area contributed by atoms with Crippen molar-refractivity contribution in [2.75, 3.05) is 39.0 Å². The van der Waals surface area contributed by atoms with Crippen LogP contribution >= 0.6 is 0 Å². The first-order chi connectivity index (χ1) is 12.2. The van der Waals surface area contributed by atoms with Gasteiger partial charge in [0.05, 0.1) is 17.1 Å². The zero-order chi connectivity index (χ0) is 19.2. The first kappa shape index (κ1) is 20.6. The van der Waals surface area contributed by atoms with Gasteiger partial charge in [0.1, 0.15) is 5.75 Å². The van der Waals surface area contributed by atoms with Crippen LogP contribution in [0.3, 0.4) is 0 Å². The van der Waals surface area contributed by atoms with E-state index in [2.05, 4.69) is 17.2 Å². The van der Waals surface area contributed by atoms with Crippen LogP contribution in [0, 0.1) is 6.92 Å². The number of nitrogens with zero attached hydrogens (tertiary/aromatic N) is 2. The molecule has 2 rings (SSSR count). The van der Waals surface area contributed by atoms with Crippen LogP contribution in [-0.4, -0.2) is 63.1 Å². The maximum Gasteiger partial charge on any atom is 0.193 e. The van der Waals surface area contributed by atoms with Gasteiger partial charge >= 0.3 is 0 Å². The molecule has 1 heterocycles.